The highest BCUT2D eigenvalue weighted by molar-refractivity contribution is 6.10. The summed E-state index contributed by atoms with van der Waals surface area (Å²) in [6.07, 6.45) is 2.80. The van der Waals surface area contributed by atoms with Crippen LogP contribution in [0.5, 0.6) is 11.6 Å². The highest BCUT2D eigenvalue weighted by Crippen LogP contribution is 2.25. The number of nitrogens with one attached hydrogen (secondary N) is 1. The van der Waals surface area contributed by atoms with Gasteiger partial charge in [-0.2, -0.15) is 10.2 Å². The summed E-state index contributed by atoms with van der Waals surface area (Å²) >= 11 is 0. The van der Waals surface area contributed by atoms with Crippen LogP contribution in [0.25, 0.3) is 11.7 Å². The van der Waals surface area contributed by atoms with E-state index in [-0.39, 0.29) is 17.0 Å². The second kappa shape index (κ2) is 9.20. The molecule has 0 fully saturated rings. The highest BCUT2D eigenvalue weighted by Gasteiger charge is 2.18. The number of fused-ring (bicyclic) bond motifs is 1. The number of para-hydroxylation sites is 2. The van der Waals surface area contributed by atoms with Crippen LogP contribution in [0, 0.1) is 25.2 Å². The number of nitrogens with zero attached hydrogens (tertiary/aromatic N) is 3. The maximum atomic E-state index is 13.3. The molecule has 0 radical (unpaired) electrons. The van der Waals surface area contributed by atoms with Crippen LogP contribution in [0.2, 0.25) is 0 Å². The van der Waals surface area contributed by atoms with Crippen molar-refractivity contribution in [2.75, 3.05) is 5.32 Å². The number of aromatic nitrogens is 2. The van der Waals surface area contributed by atoms with Gasteiger partial charge in [0.15, 0.2) is 0 Å². The molecule has 1 N–H and O–H groups in total. The number of hydrogen-bond acceptors (Lipinski definition) is 5. The number of anilines is 1. The van der Waals surface area contributed by atoms with Gasteiger partial charge in [0, 0.05) is 11.9 Å². The first-order valence-corrected chi connectivity index (χ1v) is 10.2. The Morgan fingerprint density at radius 2 is 1.73 bits per heavy atom. The molecule has 0 aliphatic heterocycles. The Hall–Kier alpha value is -4.70. The van der Waals surface area contributed by atoms with Crippen molar-refractivity contribution in [3.8, 4) is 17.7 Å². The molecule has 2 aromatic heterocycles. The molecule has 0 saturated heterocycles. The SMILES string of the molecule is Cc1ccccc1NC(=O)/C(C#N)=C\c1c(Oc2ccccc2)nc2c(C)cccn2c1=O. The zero-order valence-corrected chi connectivity index (χ0v) is 18.1. The van der Waals surface area contributed by atoms with Gasteiger partial charge in [-0.15, -0.1) is 0 Å². The molecule has 2 aromatic carbocycles. The molecule has 162 valence electrons. The average molecular weight is 436 g/mol. The minimum Gasteiger partial charge on any atom is -0.438 e. The summed E-state index contributed by atoms with van der Waals surface area (Å²) in [5.41, 5.74) is 1.93. The van der Waals surface area contributed by atoms with Crippen LogP contribution < -0.4 is 15.6 Å². The molecule has 33 heavy (non-hydrogen) atoms. The third-order valence-electron chi connectivity index (χ3n) is 5.05. The summed E-state index contributed by atoms with van der Waals surface area (Å²) in [6.45, 7) is 3.68. The van der Waals surface area contributed by atoms with Crippen molar-refractivity contribution < 1.29 is 9.53 Å². The Labute approximate surface area is 190 Å². The molecule has 2 heterocycles. The van der Waals surface area contributed by atoms with Crippen molar-refractivity contribution in [3.63, 3.8) is 0 Å². The monoisotopic (exact) mass is 436 g/mol. The van der Waals surface area contributed by atoms with Gasteiger partial charge in [0.1, 0.15) is 28.6 Å². The molecule has 0 spiro atoms. The quantitative estimate of drug-likeness (QED) is 0.363. The van der Waals surface area contributed by atoms with Crippen molar-refractivity contribution in [3.05, 3.63) is 106 Å². The van der Waals surface area contributed by atoms with E-state index in [1.807, 2.05) is 44.2 Å². The number of hydrogen-bond donors (Lipinski definition) is 1. The van der Waals surface area contributed by atoms with Crippen molar-refractivity contribution in [2.45, 2.75) is 13.8 Å². The molecule has 0 aliphatic rings. The van der Waals surface area contributed by atoms with E-state index in [4.69, 9.17) is 4.74 Å². The lowest BCUT2D eigenvalue weighted by Gasteiger charge is -2.12. The predicted octanol–water partition coefficient (Wildman–Crippen LogP) is 4.65. The van der Waals surface area contributed by atoms with Gasteiger partial charge >= 0.3 is 0 Å². The molecule has 0 atom stereocenters. The minimum absolute atomic E-state index is 0.00145. The maximum absolute atomic E-state index is 13.3. The number of amides is 1. The standard InChI is InChI=1S/C26H20N4O3/c1-17-9-6-7-13-22(17)28-24(31)19(16-27)15-21-25(33-20-11-4-3-5-12-20)29-23-18(2)10-8-14-30(23)26(21)32/h3-15H,1-2H3,(H,28,31)/b19-15-. The van der Waals surface area contributed by atoms with E-state index in [0.717, 1.165) is 11.1 Å². The lowest BCUT2D eigenvalue weighted by Crippen LogP contribution is -2.21. The largest absolute Gasteiger partial charge is 0.438 e. The molecule has 4 rings (SSSR count). The van der Waals surface area contributed by atoms with Crippen molar-refractivity contribution in [1.29, 1.82) is 5.26 Å². The van der Waals surface area contributed by atoms with E-state index in [1.165, 1.54) is 10.5 Å². The van der Waals surface area contributed by atoms with Crippen LogP contribution in [-0.4, -0.2) is 15.3 Å². The van der Waals surface area contributed by atoms with Gasteiger partial charge in [0.25, 0.3) is 11.5 Å². The van der Waals surface area contributed by atoms with Crippen LogP contribution in [0.1, 0.15) is 16.7 Å². The Morgan fingerprint density at radius 3 is 2.45 bits per heavy atom. The topological polar surface area (TPSA) is 96.5 Å². The zero-order valence-electron chi connectivity index (χ0n) is 18.1. The fourth-order valence-corrected chi connectivity index (χ4v) is 3.29. The van der Waals surface area contributed by atoms with E-state index in [1.54, 1.807) is 48.7 Å². The van der Waals surface area contributed by atoms with E-state index in [9.17, 15) is 14.9 Å². The number of ether oxygens (including phenoxy) is 1. The highest BCUT2D eigenvalue weighted by atomic mass is 16.5. The molecule has 0 saturated carbocycles. The second-order valence-corrected chi connectivity index (χ2v) is 7.37. The predicted molar refractivity (Wildman–Crippen MR) is 126 cm³/mol. The molecule has 0 unspecified atom stereocenters. The number of aryl methyl sites for hydroxylation is 2. The molecular weight excluding hydrogens is 416 g/mol. The average Bonchev–Trinajstić information content (AvgIpc) is 2.82. The van der Waals surface area contributed by atoms with Gasteiger partial charge in [0.05, 0.1) is 0 Å². The van der Waals surface area contributed by atoms with Crippen LogP contribution in [0.4, 0.5) is 5.69 Å². The van der Waals surface area contributed by atoms with Gasteiger partial charge in [-0.25, -0.2) is 0 Å². The fourth-order valence-electron chi connectivity index (χ4n) is 3.29. The van der Waals surface area contributed by atoms with Crippen LogP contribution in [-0.2, 0) is 4.79 Å². The molecule has 0 aliphatic carbocycles. The first-order chi connectivity index (χ1) is 16.0. The number of carbonyl (C=O) groups excluding carboxylic acids is 1. The summed E-state index contributed by atoms with van der Waals surface area (Å²) in [5.74, 6) is -0.150. The maximum Gasteiger partial charge on any atom is 0.269 e. The number of nitriles is 1. The molecule has 7 heteroatoms. The van der Waals surface area contributed by atoms with Crippen LogP contribution in [0.15, 0.2) is 83.3 Å². The molecule has 7 nitrogen and oxygen atoms in total. The summed E-state index contributed by atoms with van der Waals surface area (Å²) < 4.78 is 7.27. The Bertz CT molecular complexity index is 1480. The number of benzene rings is 2. The van der Waals surface area contributed by atoms with Gasteiger partial charge in [-0.1, -0.05) is 42.5 Å². The number of carbonyl (C=O) groups is 1. The van der Waals surface area contributed by atoms with Crippen LogP contribution >= 0.6 is 0 Å². The normalized spacial score (nSPS) is 11.1. The number of rotatable bonds is 5. The van der Waals surface area contributed by atoms with Gasteiger partial charge in [-0.3, -0.25) is 14.0 Å². The van der Waals surface area contributed by atoms with Crippen molar-refractivity contribution >= 4 is 23.3 Å². The Balaban J connectivity index is 1.84. The fraction of sp³-hybridized carbons (Fsp3) is 0.0769. The lowest BCUT2D eigenvalue weighted by molar-refractivity contribution is -0.112. The van der Waals surface area contributed by atoms with Gasteiger partial charge < -0.3 is 10.1 Å². The Morgan fingerprint density at radius 1 is 1.03 bits per heavy atom. The Kier molecular flexibility index (Phi) is 6.00. The third kappa shape index (κ3) is 4.50. The van der Waals surface area contributed by atoms with Crippen molar-refractivity contribution in [2.24, 2.45) is 0 Å². The lowest BCUT2D eigenvalue weighted by atomic mass is 10.1. The molecule has 1 amide bonds. The third-order valence-corrected chi connectivity index (χ3v) is 5.05. The first-order valence-electron chi connectivity index (χ1n) is 10.2. The van der Waals surface area contributed by atoms with Gasteiger partial charge in [0.2, 0.25) is 5.88 Å². The van der Waals surface area contributed by atoms with E-state index in [0.29, 0.717) is 17.1 Å². The van der Waals surface area contributed by atoms with Crippen LogP contribution in [0.3, 0.4) is 0 Å². The summed E-state index contributed by atoms with van der Waals surface area (Å²) in [5, 5.41) is 12.4. The molecule has 4 aromatic rings. The number of pyridine rings is 1. The summed E-state index contributed by atoms with van der Waals surface area (Å²) in [6, 6.07) is 21.5. The first kappa shape index (κ1) is 21.5. The molecule has 0 bridgehead atoms. The van der Waals surface area contributed by atoms with Gasteiger partial charge in [-0.05, 0) is 55.3 Å². The summed E-state index contributed by atoms with van der Waals surface area (Å²) in [4.78, 5) is 30.7. The van der Waals surface area contributed by atoms with E-state index < -0.39 is 11.5 Å². The smallest absolute Gasteiger partial charge is 0.269 e. The molecular formula is C26H20N4O3. The van der Waals surface area contributed by atoms with E-state index >= 15 is 0 Å². The zero-order chi connectivity index (χ0) is 23.4. The van der Waals surface area contributed by atoms with E-state index in [2.05, 4.69) is 10.3 Å². The van der Waals surface area contributed by atoms with Crippen molar-refractivity contribution in [1.82, 2.24) is 9.38 Å². The summed E-state index contributed by atoms with van der Waals surface area (Å²) in [7, 11) is 0. The second-order valence-electron chi connectivity index (χ2n) is 7.37. The minimum atomic E-state index is -0.633.